The van der Waals surface area contributed by atoms with Gasteiger partial charge >= 0.3 is 5.63 Å². The van der Waals surface area contributed by atoms with E-state index < -0.39 is 5.63 Å². The van der Waals surface area contributed by atoms with E-state index in [0.29, 0.717) is 41.7 Å². The molecule has 2 aliphatic rings. The van der Waals surface area contributed by atoms with Crippen LogP contribution in [-0.2, 0) is 17.8 Å². The van der Waals surface area contributed by atoms with E-state index in [1.807, 2.05) is 15.5 Å². The Bertz CT molecular complexity index is 1290. The van der Waals surface area contributed by atoms with E-state index in [2.05, 4.69) is 0 Å². The molecule has 4 heterocycles. The maximum atomic E-state index is 13.1. The average molecular weight is 406 g/mol. The highest BCUT2D eigenvalue weighted by molar-refractivity contribution is 5.85. The number of carbonyl (C=O) groups excluding carboxylic acids is 1. The molecule has 0 radical (unpaired) electrons. The van der Waals surface area contributed by atoms with E-state index in [0.717, 1.165) is 12.1 Å². The smallest absolute Gasteiger partial charge is 0.340 e. The summed E-state index contributed by atoms with van der Waals surface area (Å²) >= 11 is 0. The molecule has 3 aromatic rings. The third-order valence-electron chi connectivity index (χ3n) is 6.43. The van der Waals surface area contributed by atoms with Gasteiger partial charge in [0.15, 0.2) is 0 Å². The zero-order chi connectivity index (χ0) is 21.0. The van der Waals surface area contributed by atoms with Gasteiger partial charge in [-0.05, 0) is 43.0 Å². The molecule has 7 nitrogen and oxygen atoms in total. The van der Waals surface area contributed by atoms with E-state index in [-0.39, 0.29) is 35.5 Å². The summed E-state index contributed by atoms with van der Waals surface area (Å²) < 4.78 is 7.18. The molecule has 0 aliphatic carbocycles. The summed E-state index contributed by atoms with van der Waals surface area (Å²) in [6.07, 6.45) is 0.944. The van der Waals surface area contributed by atoms with Crippen LogP contribution >= 0.6 is 0 Å². The maximum absolute atomic E-state index is 13.1. The summed E-state index contributed by atoms with van der Waals surface area (Å²) in [5, 5.41) is 10.3. The van der Waals surface area contributed by atoms with Crippen molar-refractivity contribution in [1.82, 2.24) is 9.47 Å². The molecule has 154 valence electrons. The number of rotatable bonds is 2. The molecule has 1 N–H and O–H groups in total. The van der Waals surface area contributed by atoms with E-state index in [9.17, 15) is 19.5 Å². The van der Waals surface area contributed by atoms with E-state index in [1.54, 1.807) is 25.1 Å². The number of amides is 1. The van der Waals surface area contributed by atoms with E-state index >= 15 is 0 Å². The van der Waals surface area contributed by atoms with Gasteiger partial charge in [0.25, 0.3) is 5.56 Å². The van der Waals surface area contributed by atoms with Crippen LogP contribution in [-0.4, -0.2) is 33.6 Å². The van der Waals surface area contributed by atoms with Gasteiger partial charge < -0.3 is 19.0 Å². The van der Waals surface area contributed by atoms with Crippen molar-refractivity contribution in [3.05, 3.63) is 74.0 Å². The number of carbonyl (C=O) groups is 1. The number of piperidine rings is 1. The Morgan fingerprint density at radius 3 is 2.83 bits per heavy atom. The molecule has 2 bridgehead atoms. The number of pyridine rings is 1. The highest BCUT2D eigenvalue weighted by atomic mass is 16.4. The van der Waals surface area contributed by atoms with Crippen molar-refractivity contribution in [2.24, 2.45) is 5.92 Å². The highest BCUT2D eigenvalue weighted by Gasteiger charge is 2.36. The quantitative estimate of drug-likeness (QED) is 0.659. The minimum Gasteiger partial charge on any atom is -0.508 e. The van der Waals surface area contributed by atoms with Crippen molar-refractivity contribution in [2.75, 3.05) is 13.1 Å². The zero-order valence-electron chi connectivity index (χ0n) is 16.6. The Balaban J connectivity index is 1.43. The van der Waals surface area contributed by atoms with E-state index in [1.165, 1.54) is 12.1 Å². The van der Waals surface area contributed by atoms with Gasteiger partial charge in [-0.15, -0.1) is 0 Å². The number of nitrogens with zero attached hydrogens (tertiary/aromatic N) is 2. The first kappa shape index (κ1) is 18.7. The van der Waals surface area contributed by atoms with Crippen LogP contribution in [0.1, 0.15) is 29.2 Å². The van der Waals surface area contributed by atoms with Crippen LogP contribution in [0, 0.1) is 12.8 Å². The molecule has 0 saturated carbocycles. The van der Waals surface area contributed by atoms with Crippen molar-refractivity contribution >= 4 is 16.9 Å². The van der Waals surface area contributed by atoms with Gasteiger partial charge in [0.2, 0.25) is 5.91 Å². The Hall–Kier alpha value is -3.35. The van der Waals surface area contributed by atoms with Gasteiger partial charge in [-0.25, -0.2) is 4.79 Å². The summed E-state index contributed by atoms with van der Waals surface area (Å²) in [5.41, 5.74) is 1.81. The molecule has 0 spiro atoms. The van der Waals surface area contributed by atoms with Crippen LogP contribution in [0.2, 0.25) is 0 Å². The summed E-state index contributed by atoms with van der Waals surface area (Å²) in [4.78, 5) is 39.6. The SMILES string of the molecule is Cc1c(CC(=O)N2C[C@H]3C[C@@H](C2)c2cccc(=O)n2C3)c(=O)oc2cc(O)ccc12. The van der Waals surface area contributed by atoms with Crippen LogP contribution in [0.25, 0.3) is 11.0 Å². The molecule has 7 heteroatoms. The Labute approximate surface area is 172 Å². The van der Waals surface area contributed by atoms with Crippen molar-refractivity contribution in [3.63, 3.8) is 0 Å². The Kier molecular flexibility index (Phi) is 4.27. The van der Waals surface area contributed by atoms with Crippen molar-refractivity contribution in [2.45, 2.75) is 32.2 Å². The number of aryl methyl sites for hydroxylation is 1. The number of benzene rings is 1. The van der Waals surface area contributed by atoms with Gasteiger partial charge in [0, 0.05) is 48.8 Å². The lowest BCUT2D eigenvalue weighted by atomic mass is 9.83. The first-order valence-electron chi connectivity index (χ1n) is 10.1. The molecule has 30 heavy (non-hydrogen) atoms. The molecule has 1 amide bonds. The molecule has 2 aromatic heterocycles. The normalized spacial score (nSPS) is 20.2. The molecule has 5 rings (SSSR count). The summed E-state index contributed by atoms with van der Waals surface area (Å²) in [6.45, 7) is 3.55. The predicted molar refractivity (Wildman–Crippen MR) is 111 cm³/mol. The number of fused-ring (bicyclic) bond motifs is 5. The fourth-order valence-electron chi connectivity index (χ4n) is 4.95. The van der Waals surface area contributed by atoms with Crippen molar-refractivity contribution < 1.29 is 14.3 Å². The van der Waals surface area contributed by atoms with Gasteiger partial charge in [-0.3, -0.25) is 9.59 Å². The number of hydrogen-bond donors (Lipinski definition) is 1. The van der Waals surface area contributed by atoms with Gasteiger partial charge in [-0.1, -0.05) is 6.07 Å². The molecular formula is C23H22N2O5. The molecule has 1 saturated heterocycles. The molecule has 1 fully saturated rings. The largest absolute Gasteiger partial charge is 0.508 e. The molecule has 0 unspecified atom stereocenters. The maximum Gasteiger partial charge on any atom is 0.340 e. The lowest BCUT2D eigenvalue weighted by Crippen LogP contribution is -2.49. The third kappa shape index (κ3) is 3.01. The van der Waals surface area contributed by atoms with Crippen LogP contribution in [0.3, 0.4) is 0 Å². The second kappa shape index (κ2) is 6.86. The van der Waals surface area contributed by atoms with Crippen LogP contribution < -0.4 is 11.2 Å². The lowest BCUT2D eigenvalue weighted by Gasteiger charge is -2.42. The number of phenolic OH excluding ortho intramolecular Hbond substituents is 1. The fraction of sp³-hybridized carbons (Fsp3) is 0.348. The number of phenols is 1. The first-order chi connectivity index (χ1) is 14.4. The first-order valence-corrected chi connectivity index (χ1v) is 10.1. The minimum atomic E-state index is -0.548. The van der Waals surface area contributed by atoms with Gasteiger partial charge in [0.1, 0.15) is 11.3 Å². The Morgan fingerprint density at radius 2 is 2.00 bits per heavy atom. The second-order valence-electron chi connectivity index (χ2n) is 8.35. The lowest BCUT2D eigenvalue weighted by molar-refractivity contribution is -0.133. The van der Waals surface area contributed by atoms with Gasteiger partial charge in [-0.2, -0.15) is 0 Å². The van der Waals surface area contributed by atoms with Crippen LogP contribution in [0.4, 0.5) is 0 Å². The summed E-state index contributed by atoms with van der Waals surface area (Å²) in [7, 11) is 0. The van der Waals surface area contributed by atoms with E-state index in [4.69, 9.17) is 4.42 Å². The predicted octanol–water partition coefficient (Wildman–Crippen LogP) is 2.16. The van der Waals surface area contributed by atoms with Crippen molar-refractivity contribution in [3.8, 4) is 5.75 Å². The average Bonchev–Trinajstić information content (AvgIpc) is 2.71. The monoisotopic (exact) mass is 406 g/mol. The van der Waals surface area contributed by atoms with Crippen molar-refractivity contribution in [1.29, 1.82) is 0 Å². The summed E-state index contributed by atoms with van der Waals surface area (Å²) in [5.74, 6) is 0.280. The number of likely N-dealkylation sites (tertiary alicyclic amines) is 1. The van der Waals surface area contributed by atoms with Crippen LogP contribution in [0.15, 0.2) is 50.4 Å². The topological polar surface area (TPSA) is 92.8 Å². The second-order valence-corrected chi connectivity index (χ2v) is 8.35. The van der Waals surface area contributed by atoms with Gasteiger partial charge in [0.05, 0.1) is 12.0 Å². The number of hydrogen-bond acceptors (Lipinski definition) is 5. The minimum absolute atomic E-state index is 0.0115. The number of aromatic hydroxyl groups is 1. The fourth-order valence-corrected chi connectivity index (χ4v) is 4.95. The zero-order valence-corrected chi connectivity index (χ0v) is 16.6. The molecule has 1 aromatic carbocycles. The number of aromatic nitrogens is 1. The Morgan fingerprint density at radius 1 is 1.17 bits per heavy atom. The standard InChI is InChI=1S/C23H22N2O5/c1-13-17-6-5-16(26)8-20(17)30-23(29)18(13)9-22(28)24-10-14-7-15(12-24)19-3-2-4-21(27)25(19)11-14/h2-6,8,14-15,26H,7,9-12H2,1H3/t14-,15+/m1/s1. The molecule has 2 aliphatic heterocycles. The highest BCUT2D eigenvalue weighted by Crippen LogP contribution is 2.35. The van der Waals surface area contributed by atoms with Crippen LogP contribution in [0.5, 0.6) is 5.75 Å². The third-order valence-corrected chi connectivity index (χ3v) is 6.43. The summed E-state index contributed by atoms with van der Waals surface area (Å²) in [6, 6.07) is 9.95. The molecular weight excluding hydrogens is 384 g/mol. The molecule has 2 atom stereocenters.